The first-order valence-electron chi connectivity index (χ1n) is 8.71. The van der Waals surface area contributed by atoms with E-state index < -0.39 is 0 Å². The van der Waals surface area contributed by atoms with Crippen LogP contribution in [0.25, 0.3) is 11.0 Å². The normalized spacial score (nSPS) is 16.2. The number of hydrogen-bond donors (Lipinski definition) is 2. The largest absolute Gasteiger partial charge is 0.353 e. The Balaban J connectivity index is 1.55. The zero-order chi connectivity index (χ0) is 16.2. The third-order valence-electron chi connectivity index (χ3n) is 4.87. The number of para-hydroxylation sites is 2. The summed E-state index contributed by atoms with van der Waals surface area (Å²) in [5, 5.41) is 3.48. The van der Waals surface area contributed by atoms with E-state index in [1.165, 1.54) is 0 Å². The number of piperidine rings is 1. The fraction of sp³-hybridized carbons (Fsp3) is 0.556. The number of H-pyrrole nitrogens is 1. The van der Waals surface area contributed by atoms with Crippen molar-refractivity contribution in [3.63, 3.8) is 0 Å². The highest BCUT2D eigenvalue weighted by molar-refractivity contribution is 5.79. The maximum Gasteiger partial charge on any atom is 0.225 e. The Morgan fingerprint density at radius 1 is 1.30 bits per heavy atom. The fourth-order valence-electron chi connectivity index (χ4n) is 3.35. The van der Waals surface area contributed by atoms with Crippen LogP contribution in [0.2, 0.25) is 0 Å². The lowest BCUT2D eigenvalue weighted by Gasteiger charge is -2.34. The molecular formula is C18H26N4O. The number of benzene rings is 1. The number of aromatic nitrogens is 2. The molecule has 0 spiro atoms. The van der Waals surface area contributed by atoms with E-state index in [0.717, 1.165) is 55.8 Å². The molecule has 1 fully saturated rings. The number of hydrogen-bond acceptors (Lipinski definition) is 3. The Bertz CT molecular complexity index is 621. The highest BCUT2D eigenvalue weighted by Crippen LogP contribution is 2.20. The van der Waals surface area contributed by atoms with Crippen LogP contribution in [0.5, 0.6) is 0 Å². The SMILES string of the molecule is CCC(CC)C(=O)N1CCC(Nc2nc3ccccc3[nH]2)CC1. The highest BCUT2D eigenvalue weighted by Gasteiger charge is 2.26. The maximum atomic E-state index is 12.4. The Kier molecular flexibility index (Phi) is 4.84. The monoisotopic (exact) mass is 314 g/mol. The smallest absolute Gasteiger partial charge is 0.225 e. The van der Waals surface area contributed by atoms with Gasteiger partial charge < -0.3 is 15.2 Å². The van der Waals surface area contributed by atoms with Gasteiger partial charge in [-0.15, -0.1) is 0 Å². The van der Waals surface area contributed by atoms with E-state index in [4.69, 9.17) is 0 Å². The van der Waals surface area contributed by atoms with Gasteiger partial charge in [0.05, 0.1) is 11.0 Å². The molecule has 1 saturated heterocycles. The zero-order valence-corrected chi connectivity index (χ0v) is 14.0. The van der Waals surface area contributed by atoms with Crippen molar-refractivity contribution < 1.29 is 4.79 Å². The molecule has 5 nitrogen and oxygen atoms in total. The molecule has 1 amide bonds. The second-order valence-electron chi connectivity index (χ2n) is 6.36. The predicted octanol–water partition coefficient (Wildman–Crippen LogP) is 3.40. The summed E-state index contributed by atoms with van der Waals surface area (Å²) in [6.45, 7) is 5.88. The lowest BCUT2D eigenvalue weighted by Crippen LogP contribution is -2.44. The van der Waals surface area contributed by atoms with Gasteiger partial charge in [-0.25, -0.2) is 4.98 Å². The van der Waals surface area contributed by atoms with Gasteiger partial charge in [0.15, 0.2) is 0 Å². The molecule has 3 rings (SSSR count). The lowest BCUT2D eigenvalue weighted by atomic mass is 9.98. The number of likely N-dealkylation sites (tertiary alicyclic amines) is 1. The van der Waals surface area contributed by atoms with Crippen LogP contribution in [-0.2, 0) is 4.79 Å². The van der Waals surface area contributed by atoms with Gasteiger partial charge in [0.25, 0.3) is 0 Å². The zero-order valence-electron chi connectivity index (χ0n) is 14.0. The van der Waals surface area contributed by atoms with Gasteiger partial charge in [0, 0.05) is 25.0 Å². The van der Waals surface area contributed by atoms with E-state index in [9.17, 15) is 4.79 Å². The highest BCUT2D eigenvalue weighted by atomic mass is 16.2. The summed E-state index contributed by atoms with van der Waals surface area (Å²) in [6.07, 6.45) is 3.82. The average molecular weight is 314 g/mol. The molecule has 1 aromatic carbocycles. The van der Waals surface area contributed by atoms with Crippen LogP contribution in [0.4, 0.5) is 5.95 Å². The Morgan fingerprint density at radius 2 is 2.00 bits per heavy atom. The third-order valence-corrected chi connectivity index (χ3v) is 4.87. The van der Waals surface area contributed by atoms with Gasteiger partial charge in [-0.1, -0.05) is 26.0 Å². The lowest BCUT2D eigenvalue weighted by molar-refractivity contribution is -0.136. The first-order chi connectivity index (χ1) is 11.2. The van der Waals surface area contributed by atoms with Gasteiger partial charge >= 0.3 is 0 Å². The minimum atomic E-state index is 0.190. The second kappa shape index (κ2) is 7.02. The summed E-state index contributed by atoms with van der Waals surface area (Å²) in [4.78, 5) is 22.3. The van der Waals surface area contributed by atoms with Gasteiger partial charge in [-0.2, -0.15) is 0 Å². The molecule has 0 atom stereocenters. The van der Waals surface area contributed by atoms with Crippen molar-refractivity contribution in [2.75, 3.05) is 18.4 Å². The molecule has 23 heavy (non-hydrogen) atoms. The first kappa shape index (κ1) is 15.8. The van der Waals surface area contributed by atoms with Gasteiger partial charge in [0.1, 0.15) is 0 Å². The molecule has 0 bridgehead atoms. The quantitative estimate of drug-likeness (QED) is 0.889. The summed E-state index contributed by atoms with van der Waals surface area (Å²) in [6, 6.07) is 8.42. The van der Waals surface area contributed by atoms with Crippen molar-refractivity contribution in [3.8, 4) is 0 Å². The number of fused-ring (bicyclic) bond motifs is 1. The van der Waals surface area contributed by atoms with E-state index in [1.807, 2.05) is 29.2 Å². The van der Waals surface area contributed by atoms with E-state index in [1.54, 1.807) is 0 Å². The second-order valence-corrected chi connectivity index (χ2v) is 6.36. The van der Waals surface area contributed by atoms with Crippen LogP contribution < -0.4 is 5.32 Å². The Morgan fingerprint density at radius 3 is 2.65 bits per heavy atom. The summed E-state index contributed by atoms with van der Waals surface area (Å²) >= 11 is 0. The number of nitrogens with one attached hydrogen (secondary N) is 2. The van der Waals surface area contributed by atoms with E-state index >= 15 is 0 Å². The van der Waals surface area contributed by atoms with Crippen molar-refractivity contribution >= 4 is 22.9 Å². The van der Waals surface area contributed by atoms with Crippen LogP contribution in [0.3, 0.4) is 0 Å². The summed E-state index contributed by atoms with van der Waals surface area (Å²) < 4.78 is 0. The van der Waals surface area contributed by atoms with Gasteiger partial charge in [0.2, 0.25) is 11.9 Å². The molecule has 1 aliphatic heterocycles. The molecule has 2 N–H and O–H groups in total. The van der Waals surface area contributed by atoms with Crippen LogP contribution in [0, 0.1) is 5.92 Å². The van der Waals surface area contributed by atoms with E-state index in [0.29, 0.717) is 11.9 Å². The molecule has 1 aromatic heterocycles. The summed E-state index contributed by atoms with van der Waals surface area (Å²) in [5.41, 5.74) is 2.03. The van der Waals surface area contributed by atoms with Crippen molar-refractivity contribution in [1.82, 2.24) is 14.9 Å². The van der Waals surface area contributed by atoms with E-state index in [-0.39, 0.29) is 5.92 Å². The molecular weight excluding hydrogens is 288 g/mol. The molecule has 5 heteroatoms. The Labute approximate surface area is 137 Å². The minimum Gasteiger partial charge on any atom is -0.353 e. The fourth-order valence-corrected chi connectivity index (χ4v) is 3.35. The molecule has 0 radical (unpaired) electrons. The molecule has 0 aliphatic carbocycles. The van der Waals surface area contributed by atoms with Crippen molar-refractivity contribution in [2.45, 2.75) is 45.6 Å². The van der Waals surface area contributed by atoms with Gasteiger partial charge in [-0.05, 0) is 37.8 Å². The number of aromatic amines is 1. The Hall–Kier alpha value is -2.04. The number of amides is 1. The van der Waals surface area contributed by atoms with Crippen molar-refractivity contribution in [2.24, 2.45) is 5.92 Å². The molecule has 124 valence electrons. The number of carbonyl (C=O) groups excluding carboxylic acids is 1. The molecule has 2 aromatic rings. The maximum absolute atomic E-state index is 12.4. The molecule has 2 heterocycles. The standard InChI is InChI=1S/C18H26N4O/c1-3-13(4-2)17(23)22-11-9-14(10-12-22)19-18-20-15-7-5-6-8-16(15)21-18/h5-8,13-14H,3-4,9-12H2,1-2H3,(H2,19,20,21). The molecule has 0 saturated carbocycles. The van der Waals surface area contributed by atoms with Crippen LogP contribution in [0.15, 0.2) is 24.3 Å². The molecule has 1 aliphatic rings. The topological polar surface area (TPSA) is 61.0 Å². The number of rotatable bonds is 5. The number of imidazole rings is 1. The minimum absolute atomic E-state index is 0.190. The van der Waals surface area contributed by atoms with Crippen LogP contribution >= 0.6 is 0 Å². The molecule has 0 unspecified atom stereocenters. The van der Waals surface area contributed by atoms with Crippen LogP contribution in [-0.4, -0.2) is 39.9 Å². The third kappa shape index (κ3) is 3.49. The predicted molar refractivity (Wildman–Crippen MR) is 93.4 cm³/mol. The summed E-state index contributed by atoms with van der Waals surface area (Å²) in [7, 11) is 0. The first-order valence-corrected chi connectivity index (χ1v) is 8.71. The number of carbonyl (C=O) groups is 1. The van der Waals surface area contributed by atoms with Crippen molar-refractivity contribution in [1.29, 1.82) is 0 Å². The van der Waals surface area contributed by atoms with E-state index in [2.05, 4.69) is 29.1 Å². The number of nitrogens with zero attached hydrogens (tertiary/aromatic N) is 2. The number of anilines is 1. The van der Waals surface area contributed by atoms with Crippen molar-refractivity contribution in [3.05, 3.63) is 24.3 Å². The van der Waals surface area contributed by atoms with Crippen LogP contribution in [0.1, 0.15) is 39.5 Å². The average Bonchev–Trinajstić information content (AvgIpc) is 2.98. The van der Waals surface area contributed by atoms with Gasteiger partial charge in [-0.3, -0.25) is 4.79 Å². The summed E-state index contributed by atoms with van der Waals surface area (Å²) in [5.74, 6) is 1.35.